The monoisotopic (exact) mass is 442 g/mol. The number of aromatic nitrogens is 6. The van der Waals surface area contributed by atoms with Gasteiger partial charge in [0.2, 0.25) is 0 Å². The topological polar surface area (TPSA) is 60.4 Å². The van der Waals surface area contributed by atoms with Crippen molar-refractivity contribution >= 4 is 54.8 Å². The van der Waals surface area contributed by atoms with Crippen molar-refractivity contribution in [3.05, 3.63) is 56.7 Å². The van der Waals surface area contributed by atoms with Gasteiger partial charge in [-0.25, -0.2) is 19.0 Å². The average molecular weight is 445 g/mol. The molecule has 0 spiro atoms. The molecule has 0 aliphatic heterocycles. The summed E-state index contributed by atoms with van der Waals surface area (Å²) in [6, 6.07) is 7.39. The summed E-state index contributed by atoms with van der Waals surface area (Å²) in [5.41, 5.74) is 2.62. The highest BCUT2D eigenvalue weighted by Crippen LogP contribution is 2.13. The lowest BCUT2D eigenvalue weighted by molar-refractivity contribution is 0.884. The zero-order valence-electron chi connectivity index (χ0n) is 11.3. The van der Waals surface area contributed by atoms with Crippen LogP contribution in [0.2, 0.25) is 5.15 Å². The molecule has 4 heterocycles. The first kappa shape index (κ1) is 15.4. The van der Waals surface area contributed by atoms with E-state index in [0.717, 1.165) is 26.2 Å². The van der Waals surface area contributed by atoms with E-state index in [1.165, 1.54) is 0 Å². The highest BCUT2D eigenvalue weighted by Gasteiger charge is 2.00. The molecule has 0 radical (unpaired) electrons. The third-order valence-corrected chi connectivity index (χ3v) is 4.03. The third-order valence-electron chi connectivity index (χ3n) is 2.74. The van der Waals surface area contributed by atoms with Crippen LogP contribution in [0.1, 0.15) is 5.69 Å². The third kappa shape index (κ3) is 3.13. The van der Waals surface area contributed by atoms with Crippen LogP contribution in [-0.4, -0.2) is 29.2 Å². The summed E-state index contributed by atoms with van der Waals surface area (Å²) in [6.45, 7) is 1.95. The van der Waals surface area contributed by atoms with Crippen LogP contribution in [-0.2, 0) is 0 Å². The van der Waals surface area contributed by atoms with Gasteiger partial charge in [-0.15, -0.1) is 0 Å². The number of hydrogen-bond donors (Lipinski definition) is 0. The summed E-state index contributed by atoms with van der Waals surface area (Å²) in [6.07, 6.45) is 3.42. The van der Waals surface area contributed by atoms with Crippen molar-refractivity contribution in [2.24, 2.45) is 0 Å². The zero-order valence-corrected chi connectivity index (χ0v) is 15.2. The molecule has 0 N–H and O–H groups in total. The Kier molecular flexibility index (Phi) is 4.42. The summed E-state index contributed by atoms with van der Waals surface area (Å²) >= 11 is 12.3. The fourth-order valence-electron chi connectivity index (χ4n) is 1.76. The fourth-order valence-corrected chi connectivity index (χ4v) is 2.63. The normalized spacial score (nSPS) is 10.7. The van der Waals surface area contributed by atoms with E-state index in [0.29, 0.717) is 5.15 Å². The number of hydrogen-bond acceptors (Lipinski definition) is 4. The lowest BCUT2D eigenvalue weighted by Crippen LogP contribution is -1.93. The van der Waals surface area contributed by atoms with Gasteiger partial charge in [-0.05, 0) is 63.0 Å². The number of imidazole rings is 2. The van der Waals surface area contributed by atoms with Gasteiger partial charge >= 0.3 is 0 Å². The molecule has 4 rings (SSSR count). The van der Waals surface area contributed by atoms with E-state index in [9.17, 15) is 0 Å². The second-order valence-corrected chi connectivity index (χ2v) is 6.34. The van der Waals surface area contributed by atoms with Gasteiger partial charge in [0, 0.05) is 0 Å². The van der Waals surface area contributed by atoms with E-state index in [2.05, 4.69) is 52.0 Å². The Morgan fingerprint density at radius 1 is 0.864 bits per heavy atom. The van der Waals surface area contributed by atoms with Gasteiger partial charge in [-0.2, -0.15) is 10.2 Å². The first-order valence-electron chi connectivity index (χ1n) is 6.17. The quantitative estimate of drug-likeness (QED) is 0.412. The Balaban J connectivity index is 0.000000131. The highest BCUT2D eigenvalue weighted by molar-refractivity contribution is 9.10. The maximum Gasteiger partial charge on any atom is 0.154 e. The Morgan fingerprint density at radius 3 is 2.05 bits per heavy atom. The fraction of sp³-hybridized carbons (Fsp3) is 0.0769. The first-order chi connectivity index (χ1) is 10.5. The van der Waals surface area contributed by atoms with Gasteiger partial charge in [0.05, 0.1) is 18.1 Å². The van der Waals surface area contributed by atoms with Gasteiger partial charge in [0.1, 0.15) is 14.4 Å². The summed E-state index contributed by atoms with van der Waals surface area (Å²) < 4.78 is 5.07. The summed E-state index contributed by atoms with van der Waals surface area (Å²) in [4.78, 5) is 8.17. The zero-order chi connectivity index (χ0) is 15.7. The molecule has 0 aliphatic rings. The van der Waals surface area contributed by atoms with Crippen molar-refractivity contribution in [2.45, 2.75) is 6.92 Å². The highest BCUT2D eigenvalue weighted by atomic mass is 79.9. The van der Waals surface area contributed by atoms with Gasteiger partial charge in [-0.1, -0.05) is 11.6 Å². The van der Waals surface area contributed by atoms with Crippen LogP contribution in [0.15, 0.2) is 45.9 Å². The van der Waals surface area contributed by atoms with Crippen molar-refractivity contribution in [3.8, 4) is 0 Å². The molecule has 0 unspecified atom stereocenters. The Bertz CT molecular complexity index is 870. The van der Waals surface area contributed by atoms with Crippen LogP contribution in [0.3, 0.4) is 0 Å². The molecule has 9 heteroatoms. The van der Waals surface area contributed by atoms with E-state index in [4.69, 9.17) is 11.6 Å². The Morgan fingerprint density at radius 2 is 1.41 bits per heavy atom. The first-order valence-corrected chi connectivity index (χ1v) is 8.13. The van der Waals surface area contributed by atoms with E-state index >= 15 is 0 Å². The molecule has 0 fully saturated rings. The lowest BCUT2D eigenvalue weighted by atomic mass is 10.4. The summed E-state index contributed by atoms with van der Waals surface area (Å²) in [5.74, 6) is 0. The predicted molar refractivity (Wildman–Crippen MR) is 91.1 cm³/mol. The Labute approximate surface area is 147 Å². The van der Waals surface area contributed by atoms with Crippen LogP contribution in [0.25, 0.3) is 11.3 Å². The molecule has 0 saturated carbocycles. The lowest BCUT2D eigenvalue weighted by Gasteiger charge is -1.94. The van der Waals surface area contributed by atoms with E-state index in [1.807, 2.05) is 19.1 Å². The van der Waals surface area contributed by atoms with Crippen molar-refractivity contribution < 1.29 is 0 Å². The van der Waals surface area contributed by atoms with Crippen molar-refractivity contribution in [1.82, 2.24) is 29.2 Å². The molecule has 6 nitrogen and oxygen atoms in total. The van der Waals surface area contributed by atoms with Gasteiger partial charge in [0.25, 0.3) is 0 Å². The maximum atomic E-state index is 5.67. The Hall–Kier alpha value is -1.51. The number of rotatable bonds is 0. The molecule has 0 aliphatic carbocycles. The van der Waals surface area contributed by atoms with Crippen LogP contribution in [0.4, 0.5) is 0 Å². The second-order valence-electron chi connectivity index (χ2n) is 4.33. The largest absolute Gasteiger partial charge is 0.234 e. The van der Waals surface area contributed by atoms with Crippen molar-refractivity contribution in [1.29, 1.82) is 0 Å². The van der Waals surface area contributed by atoms with Gasteiger partial charge < -0.3 is 0 Å². The number of halogens is 3. The molecule has 22 heavy (non-hydrogen) atoms. The van der Waals surface area contributed by atoms with Crippen molar-refractivity contribution in [2.75, 3.05) is 0 Å². The van der Waals surface area contributed by atoms with Gasteiger partial charge in [-0.3, -0.25) is 0 Å². The molecule has 4 aromatic rings. The number of fused-ring (bicyclic) bond motifs is 2. The number of nitrogens with zero attached hydrogens (tertiary/aromatic N) is 6. The predicted octanol–water partition coefficient (Wildman–Crippen LogP) is 3.95. The SMILES string of the molecule is Cc1ccc2ncc(Br)n2n1.Clc1ccc2ncc(Br)n2n1. The van der Waals surface area contributed by atoms with Crippen LogP contribution in [0.5, 0.6) is 0 Å². The van der Waals surface area contributed by atoms with E-state index in [1.54, 1.807) is 33.6 Å². The number of aryl methyl sites for hydroxylation is 1. The maximum absolute atomic E-state index is 5.67. The molecular formula is C13H9Br2ClN6. The molecule has 0 bridgehead atoms. The molecule has 0 saturated heterocycles. The van der Waals surface area contributed by atoms with E-state index < -0.39 is 0 Å². The molecule has 0 aromatic carbocycles. The minimum atomic E-state index is 0.455. The summed E-state index contributed by atoms with van der Waals surface area (Å²) in [7, 11) is 0. The van der Waals surface area contributed by atoms with Crippen LogP contribution in [0, 0.1) is 6.92 Å². The minimum Gasteiger partial charge on any atom is -0.234 e. The molecule has 0 atom stereocenters. The smallest absolute Gasteiger partial charge is 0.154 e. The van der Waals surface area contributed by atoms with Crippen molar-refractivity contribution in [3.63, 3.8) is 0 Å². The molecule has 0 amide bonds. The molecule has 4 aromatic heterocycles. The minimum absolute atomic E-state index is 0.455. The average Bonchev–Trinajstić information content (AvgIpc) is 3.04. The van der Waals surface area contributed by atoms with Crippen LogP contribution < -0.4 is 0 Å². The van der Waals surface area contributed by atoms with E-state index in [-0.39, 0.29) is 0 Å². The molecular weight excluding hydrogens is 435 g/mol. The summed E-state index contributed by atoms with van der Waals surface area (Å²) in [5, 5.41) is 8.71. The van der Waals surface area contributed by atoms with Crippen LogP contribution >= 0.6 is 43.5 Å². The standard InChI is InChI=1S/C7H6BrN3.C6H3BrClN3/c1-5-2-3-7-9-4-6(8)11(7)10-5;7-4-3-9-6-2-1-5(8)10-11(4)6/h2-4H,1H3;1-3H. The van der Waals surface area contributed by atoms with Gasteiger partial charge in [0.15, 0.2) is 11.3 Å². The second kappa shape index (κ2) is 6.31. The molecule has 112 valence electrons.